The monoisotopic (exact) mass is 281 g/mol. The number of hydrogen-bond acceptors (Lipinski definition) is 3. The fourth-order valence-corrected chi connectivity index (χ4v) is 3.59. The molecule has 0 aliphatic carbocycles. The zero-order valence-electron chi connectivity index (χ0n) is 13.4. The van der Waals surface area contributed by atoms with E-state index in [0.29, 0.717) is 12.5 Å². The Bertz CT molecular complexity index is 337. The summed E-state index contributed by atoms with van der Waals surface area (Å²) >= 11 is 0. The van der Waals surface area contributed by atoms with Gasteiger partial charge in [-0.1, -0.05) is 27.2 Å². The van der Waals surface area contributed by atoms with Crippen LogP contribution in [-0.2, 0) is 4.79 Å². The third-order valence-corrected chi connectivity index (χ3v) is 4.50. The molecule has 20 heavy (non-hydrogen) atoms. The minimum atomic E-state index is -0.00751. The van der Waals surface area contributed by atoms with Gasteiger partial charge in [-0.2, -0.15) is 0 Å². The second-order valence-corrected chi connectivity index (χ2v) is 7.75. The van der Waals surface area contributed by atoms with E-state index in [2.05, 4.69) is 30.6 Å². The summed E-state index contributed by atoms with van der Waals surface area (Å²) in [6.45, 7) is 10.6. The van der Waals surface area contributed by atoms with Gasteiger partial charge >= 0.3 is 0 Å². The molecule has 0 aromatic heterocycles. The Labute approximate surface area is 123 Å². The number of carbonyl (C=O) groups is 1. The smallest absolute Gasteiger partial charge is 0.224 e. The van der Waals surface area contributed by atoms with Gasteiger partial charge in [-0.15, -0.1) is 0 Å². The van der Waals surface area contributed by atoms with Crippen molar-refractivity contribution < 1.29 is 4.79 Å². The normalized spacial score (nSPS) is 26.2. The fraction of sp³-hybridized carbons (Fsp3) is 0.938. The Morgan fingerprint density at radius 1 is 1.25 bits per heavy atom. The summed E-state index contributed by atoms with van der Waals surface area (Å²) in [6, 6.07) is 0.590. The third kappa shape index (κ3) is 4.45. The molecule has 1 amide bonds. The van der Waals surface area contributed by atoms with Crippen LogP contribution in [0.25, 0.3) is 0 Å². The Kier molecular flexibility index (Phi) is 5.08. The summed E-state index contributed by atoms with van der Waals surface area (Å²) in [5.74, 6) is 0.256. The first-order valence-electron chi connectivity index (χ1n) is 8.12. The summed E-state index contributed by atoms with van der Waals surface area (Å²) < 4.78 is 0. The maximum absolute atomic E-state index is 12.4. The van der Waals surface area contributed by atoms with Crippen molar-refractivity contribution in [3.8, 4) is 0 Å². The summed E-state index contributed by atoms with van der Waals surface area (Å²) in [5, 5.41) is 0. The average molecular weight is 281 g/mol. The van der Waals surface area contributed by atoms with Crippen molar-refractivity contribution in [1.29, 1.82) is 0 Å². The first kappa shape index (κ1) is 15.8. The average Bonchev–Trinajstić information content (AvgIpc) is 2.35. The van der Waals surface area contributed by atoms with Crippen molar-refractivity contribution in [2.75, 3.05) is 26.2 Å². The van der Waals surface area contributed by atoms with E-state index in [1.165, 1.54) is 25.8 Å². The van der Waals surface area contributed by atoms with E-state index < -0.39 is 0 Å². The van der Waals surface area contributed by atoms with Crippen molar-refractivity contribution >= 4 is 5.91 Å². The second kappa shape index (κ2) is 6.44. The molecule has 0 spiro atoms. The molecule has 116 valence electrons. The summed E-state index contributed by atoms with van der Waals surface area (Å²) in [6.07, 6.45) is 5.29. The molecule has 0 radical (unpaired) electrons. The van der Waals surface area contributed by atoms with Gasteiger partial charge in [0.05, 0.1) is 0 Å². The van der Waals surface area contributed by atoms with Crippen LogP contribution in [0.1, 0.15) is 52.9 Å². The summed E-state index contributed by atoms with van der Waals surface area (Å²) in [7, 11) is 0. The molecule has 2 heterocycles. The summed E-state index contributed by atoms with van der Waals surface area (Å²) in [4.78, 5) is 17.0. The zero-order valence-corrected chi connectivity index (χ0v) is 13.4. The molecule has 2 aliphatic heterocycles. The highest BCUT2D eigenvalue weighted by molar-refractivity contribution is 5.77. The first-order chi connectivity index (χ1) is 9.35. The van der Waals surface area contributed by atoms with Gasteiger partial charge in [0.2, 0.25) is 5.91 Å². The van der Waals surface area contributed by atoms with Crippen LogP contribution in [0.2, 0.25) is 0 Å². The van der Waals surface area contributed by atoms with Gasteiger partial charge in [-0.05, 0) is 31.2 Å². The maximum Gasteiger partial charge on any atom is 0.224 e. The first-order valence-corrected chi connectivity index (χ1v) is 8.12. The van der Waals surface area contributed by atoms with E-state index in [4.69, 9.17) is 5.73 Å². The van der Waals surface area contributed by atoms with Gasteiger partial charge in [0.1, 0.15) is 0 Å². The number of nitrogens with two attached hydrogens (primary N) is 1. The van der Waals surface area contributed by atoms with Crippen LogP contribution in [-0.4, -0.2) is 54.0 Å². The van der Waals surface area contributed by atoms with Gasteiger partial charge in [0, 0.05) is 38.1 Å². The molecule has 2 unspecified atom stereocenters. The molecule has 0 aromatic carbocycles. The van der Waals surface area contributed by atoms with Crippen molar-refractivity contribution in [1.82, 2.24) is 9.80 Å². The predicted molar refractivity (Wildman–Crippen MR) is 82.5 cm³/mol. The molecule has 0 saturated carbocycles. The lowest BCUT2D eigenvalue weighted by Crippen LogP contribution is -2.56. The highest BCUT2D eigenvalue weighted by atomic mass is 16.2. The zero-order chi connectivity index (χ0) is 14.8. The summed E-state index contributed by atoms with van der Waals surface area (Å²) in [5.41, 5.74) is 6.34. The number of nitrogens with zero attached hydrogens (tertiary/aromatic N) is 2. The van der Waals surface area contributed by atoms with Crippen LogP contribution >= 0.6 is 0 Å². The van der Waals surface area contributed by atoms with Crippen molar-refractivity contribution in [2.24, 2.45) is 11.1 Å². The number of carbonyl (C=O) groups excluding carboxylic acids is 1. The van der Waals surface area contributed by atoms with Gasteiger partial charge in [0.15, 0.2) is 0 Å². The van der Waals surface area contributed by atoms with Crippen molar-refractivity contribution in [2.45, 2.75) is 65.0 Å². The van der Waals surface area contributed by atoms with Crippen LogP contribution in [0.5, 0.6) is 0 Å². The number of hydrogen-bond donors (Lipinski definition) is 1. The molecule has 4 nitrogen and oxygen atoms in total. The molecule has 2 atom stereocenters. The standard InChI is InChI=1S/C16H31N3O/c1-16(2,3)11-13(17)10-15(20)19-9-8-18-7-5-4-6-14(18)12-19/h13-14H,4-12,17H2,1-3H3. The SMILES string of the molecule is CC(C)(C)CC(N)CC(=O)N1CCN2CCCCC2C1. The quantitative estimate of drug-likeness (QED) is 0.858. The topological polar surface area (TPSA) is 49.6 Å². The molecular weight excluding hydrogens is 250 g/mol. The van der Waals surface area contributed by atoms with E-state index >= 15 is 0 Å². The predicted octanol–water partition coefficient (Wildman–Crippen LogP) is 1.84. The highest BCUT2D eigenvalue weighted by Crippen LogP contribution is 2.23. The largest absolute Gasteiger partial charge is 0.340 e. The second-order valence-electron chi connectivity index (χ2n) is 7.75. The fourth-order valence-electron chi connectivity index (χ4n) is 3.59. The molecule has 2 N–H and O–H groups in total. The van der Waals surface area contributed by atoms with Gasteiger partial charge in [0.25, 0.3) is 0 Å². The number of piperidine rings is 1. The van der Waals surface area contributed by atoms with Crippen LogP contribution < -0.4 is 5.73 Å². The number of rotatable bonds is 3. The third-order valence-electron chi connectivity index (χ3n) is 4.50. The molecule has 2 rings (SSSR count). The minimum Gasteiger partial charge on any atom is -0.340 e. The van der Waals surface area contributed by atoms with E-state index in [0.717, 1.165) is 26.1 Å². The minimum absolute atomic E-state index is 0.00751. The molecule has 0 bridgehead atoms. The van der Waals surface area contributed by atoms with Crippen LogP contribution in [0.4, 0.5) is 0 Å². The Morgan fingerprint density at radius 2 is 2.00 bits per heavy atom. The maximum atomic E-state index is 12.4. The van der Waals surface area contributed by atoms with Crippen LogP contribution in [0, 0.1) is 5.41 Å². The van der Waals surface area contributed by atoms with Crippen LogP contribution in [0.15, 0.2) is 0 Å². The lowest BCUT2D eigenvalue weighted by molar-refractivity contribution is -0.135. The number of amides is 1. The van der Waals surface area contributed by atoms with E-state index in [9.17, 15) is 4.79 Å². The molecule has 2 saturated heterocycles. The van der Waals surface area contributed by atoms with Gasteiger partial charge in [-0.3, -0.25) is 9.69 Å². The lowest BCUT2D eigenvalue weighted by Gasteiger charge is -2.44. The lowest BCUT2D eigenvalue weighted by atomic mass is 9.87. The molecule has 0 aromatic rings. The number of piperazine rings is 1. The van der Waals surface area contributed by atoms with Crippen LogP contribution in [0.3, 0.4) is 0 Å². The van der Waals surface area contributed by atoms with Crippen molar-refractivity contribution in [3.63, 3.8) is 0 Å². The van der Waals surface area contributed by atoms with E-state index in [-0.39, 0.29) is 17.4 Å². The Morgan fingerprint density at radius 3 is 2.70 bits per heavy atom. The van der Waals surface area contributed by atoms with Gasteiger partial charge < -0.3 is 10.6 Å². The van der Waals surface area contributed by atoms with Crippen molar-refractivity contribution in [3.05, 3.63) is 0 Å². The molecule has 2 aliphatic rings. The molecular formula is C16H31N3O. The van der Waals surface area contributed by atoms with Gasteiger partial charge in [-0.25, -0.2) is 0 Å². The number of fused-ring (bicyclic) bond motifs is 1. The molecule has 4 heteroatoms. The Balaban J connectivity index is 1.81. The Hall–Kier alpha value is -0.610. The highest BCUT2D eigenvalue weighted by Gasteiger charge is 2.31. The van der Waals surface area contributed by atoms with E-state index in [1.807, 2.05) is 0 Å². The van der Waals surface area contributed by atoms with E-state index in [1.54, 1.807) is 0 Å². The molecule has 2 fully saturated rings.